The minimum absolute atomic E-state index is 0.933. The largest absolute Gasteiger partial charge is 0.300 e. The molecule has 70 valence electrons. The molecule has 2 fully saturated rings. The summed E-state index contributed by atoms with van der Waals surface area (Å²) in [5, 5.41) is 0. The van der Waals surface area contributed by atoms with E-state index in [0.29, 0.717) is 0 Å². The smallest absolute Gasteiger partial charge is 0.0100 e. The van der Waals surface area contributed by atoms with E-state index in [1.807, 2.05) is 0 Å². The van der Waals surface area contributed by atoms with Crippen LogP contribution in [0, 0.1) is 5.92 Å². The van der Waals surface area contributed by atoms with Crippen LogP contribution in [-0.2, 0) is 0 Å². The molecule has 0 bridgehead atoms. The van der Waals surface area contributed by atoms with E-state index in [9.17, 15) is 0 Å². The Balaban J connectivity index is 1.79. The van der Waals surface area contributed by atoms with E-state index < -0.39 is 0 Å². The van der Waals surface area contributed by atoms with Crippen molar-refractivity contribution in [1.82, 2.24) is 4.90 Å². The van der Waals surface area contributed by atoms with Crippen molar-refractivity contribution in [2.45, 2.75) is 57.5 Å². The lowest BCUT2D eigenvalue weighted by atomic mass is 9.80. The van der Waals surface area contributed by atoms with Crippen molar-refractivity contribution in [3.63, 3.8) is 0 Å². The highest BCUT2D eigenvalue weighted by atomic mass is 15.2. The van der Waals surface area contributed by atoms with Crippen molar-refractivity contribution in [3.8, 4) is 0 Å². The average Bonchev–Trinajstić information content (AvgIpc) is 2.49. The van der Waals surface area contributed by atoms with Crippen LogP contribution in [-0.4, -0.2) is 24.0 Å². The Hall–Kier alpha value is -0.0400. The second-order valence-corrected chi connectivity index (χ2v) is 4.83. The Bertz CT molecular complexity index is 143. The highest BCUT2D eigenvalue weighted by molar-refractivity contribution is 4.88. The molecule has 0 unspecified atom stereocenters. The van der Waals surface area contributed by atoms with Gasteiger partial charge in [-0.15, -0.1) is 0 Å². The molecule has 0 N–H and O–H groups in total. The van der Waals surface area contributed by atoms with Crippen LogP contribution in [0.4, 0.5) is 0 Å². The average molecular weight is 167 g/mol. The van der Waals surface area contributed by atoms with Gasteiger partial charge in [-0.1, -0.05) is 19.8 Å². The molecule has 1 nitrogen and oxygen atoms in total. The molecule has 0 saturated heterocycles. The maximum atomic E-state index is 2.66. The topological polar surface area (TPSA) is 3.24 Å². The molecule has 0 aromatic rings. The van der Waals surface area contributed by atoms with Gasteiger partial charge in [0.05, 0.1) is 0 Å². The second-order valence-electron chi connectivity index (χ2n) is 4.83. The molecular formula is C11H21N. The fourth-order valence-electron chi connectivity index (χ4n) is 2.80. The summed E-state index contributed by atoms with van der Waals surface area (Å²) in [5.41, 5.74) is 0. The van der Waals surface area contributed by atoms with E-state index in [2.05, 4.69) is 18.9 Å². The molecule has 2 aliphatic rings. The maximum absolute atomic E-state index is 2.66. The minimum atomic E-state index is 0.933. The summed E-state index contributed by atoms with van der Waals surface area (Å²) in [6, 6.07) is 1.87. The molecule has 12 heavy (non-hydrogen) atoms. The van der Waals surface area contributed by atoms with Crippen molar-refractivity contribution in [2.75, 3.05) is 7.05 Å². The highest BCUT2D eigenvalue weighted by Crippen LogP contribution is 2.34. The lowest BCUT2D eigenvalue weighted by Gasteiger charge is -2.42. The molecule has 0 radical (unpaired) electrons. The zero-order valence-corrected chi connectivity index (χ0v) is 8.42. The Labute approximate surface area is 76.1 Å². The van der Waals surface area contributed by atoms with Gasteiger partial charge in [-0.25, -0.2) is 0 Å². The van der Waals surface area contributed by atoms with Gasteiger partial charge in [-0.2, -0.15) is 0 Å². The van der Waals surface area contributed by atoms with Crippen LogP contribution >= 0.6 is 0 Å². The predicted molar refractivity (Wildman–Crippen MR) is 52.2 cm³/mol. The lowest BCUT2D eigenvalue weighted by Crippen LogP contribution is -2.45. The summed E-state index contributed by atoms with van der Waals surface area (Å²) in [7, 11) is 2.34. The van der Waals surface area contributed by atoms with Crippen LogP contribution in [0.15, 0.2) is 0 Å². The molecule has 0 heterocycles. The van der Waals surface area contributed by atoms with E-state index >= 15 is 0 Å². The summed E-state index contributed by atoms with van der Waals surface area (Å²) in [5.74, 6) is 0.999. The number of hydrogen-bond acceptors (Lipinski definition) is 1. The van der Waals surface area contributed by atoms with E-state index in [4.69, 9.17) is 0 Å². The second kappa shape index (κ2) is 3.37. The van der Waals surface area contributed by atoms with E-state index in [1.165, 1.54) is 38.5 Å². The SMILES string of the molecule is CC1CC(N(C)C2CCCC2)C1. The first-order chi connectivity index (χ1) is 5.77. The third-order valence-corrected chi connectivity index (χ3v) is 3.83. The summed E-state index contributed by atoms with van der Waals surface area (Å²) in [6.07, 6.45) is 8.76. The van der Waals surface area contributed by atoms with Gasteiger partial charge in [0.25, 0.3) is 0 Å². The van der Waals surface area contributed by atoms with Crippen LogP contribution in [0.3, 0.4) is 0 Å². The van der Waals surface area contributed by atoms with Crippen molar-refractivity contribution < 1.29 is 0 Å². The van der Waals surface area contributed by atoms with Crippen LogP contribution in [0.1, 0.15) is 45.4 Å². The zero-order chi connectivity index (χ0) is 8.55. The first kappa shape index (κ1) is 8.55. The predicted octanol–water partition coefficient (Wildman–Crippen LogP) is 2.66. The molecule has 0 aromatic carbocycles. The molecule has 2 aliphatic carbocycles. The van der Waals surface area contributed by atoms with Gasteiger partial charge in [-0.05, 0) is 38.6 Å². The lowest BCUT2D eigenvalue weighted by molar-refractivity contribution is 0.0748. The van der Waals surface area contributed by atoms with Crippen molar-refractivity contribution >= 4 is 0 Å². The van der Waals surface area contributed by atoms with Gasteiger partial charge in [0, 0.05) is 12.1 Å². The molecular weight excluding hydrogens is 146 g/mol. The molecule has 0 aliphatic heterocycles. The molecule has 0 atom stereocenters. The van der Waals surface area contributed by atoms with Crippen LogP contribution < -0.4 is 0 Å². The maximum Gasteiger partial charge on any atom is 0.0100 e. The molecule has 0 spiro atoms. The Morgan fingerprint density at radius 2 is 1.58 bits per heavy atom. The fraction of sp³-hybridized carbons (Fsp3) is 1.00. The Kier molecular flexibility index (Phi) is 2.40. The Morgan fingerprint density at radius 1 is 1.00 bits per heavy atom. The standard InChI is InChI=1S/C11H21N/c1-9-7-11(8-9)12(2)10-5-3-4-6-10/h9-11H,3-8H2,1-2H3. The number of hydrogen-bond donors (Lipinski definition) is 0. The third kappa shape index (κ3) is 1.52. The first-order valence-corrected chi connectivity index (χ1v) is 5.49. The normalized spacial score (nSPS) is 37.2. The van der Waals surface area contributed by atoms with Gasteiger partial charge in [0.2, 0.25) is 0 Å². The summed E-state index contributed by atoms with van der Waals surface area (Å²) < 4.78 is 0. The van der Waals surface area contributed by atoms with E-state index in [1.54, 1.807) is 0 Å². The minimum Gasteiger partial charge on any atom is -0.300 e. The quantitative estimate of drug-likeness (QED) is 0.611. The van der Waals surface area contributed by atoms with Crippen LogP contribution in [0.2, 0.25) is 0 Å². The third-order valence-electron chi connectivity index (χ3n) is 3.83. The van der Waals surface area contributed by atoms with E-state index in [-0.39, 0.29) is 0 Å². The monoisotopic (exact) mass is 167 g/mol. The van der Waals surface area contributed by atoms with Crippen LogP contribution in [0.5, 0.6) is 0 Å². The van der Waals surface area contributed by atoms with Gasteiger partial charge in [0.1, 0.15) is 0 Å². The van der Waals surface area contributed by atoms with Crippen LogP contribution in [0.25, 0.3) is 0 Å². The molecule has 0 aromatic heterocycles. The first-order valence-electron chi connectivity index (χ1n) is 5.49. The summed E-state index contributed by atoms with van der Waals surface area (Å²) in [4.78, 5) is 2.66. The fourth-order valence-corrected chi connectivity index (χ4v) is 2.80. The summed E-state index contributed by atoms with van der Waals surface area (Å²) >= 11 is 0. The zero-order valence-electron chi connectivity index (χ0n) is 8.42. The number of nitrogens with zero attached hydrogens (tertiary/aromatic N) is 1. The van der Waals surface area contributed by atoms with Gasteiger partial charge >= 0.3 is 0 Å². The van der Waals surface area contributed by atoms with Gasteiger partial charge in [-0.3, -0.25) is 0 Å². The van der Waals surface area contributed by atoms with Gasteiger partial charge in [0.15, 0.2) is 0 Å². The van der Waals surface area contributed by atoms with Crippen molar-refractivity contribution in [3.05, 3.63) is 0 Å². The molecule has 2 saturated carbocycles. The molecule has 0 amide bonds. The van der Waals surface area contributed by atoms with E-state index in [0.717, 1.165) is 18.0 Å². The highest BCUT2D eigenvalue weighted by Gasteiger charge is 2.32. The summed E-state index contributed by atoms with van der Waals surface area (Å²) in [6.45, 7) is 2.37. The Morgan fingerprint density at radius 3 is 2.08 bits per heavy atom. The van der Waals surface area contributed by atoms with Crippen molar-refractivity contribution in [1.29, 1.82) is 0 Å². The molecule has 2 rings (SSSR count). The van der Waals surface area contributed by atoms with Gasteiger partial charge < -0.3 is 4.90 Å². The molecule has 1 heteroatoms. The number of rotatable bonds is 2. The van der Waals surface area contributed by atoms with Crippen molar-refractivity contribution in [2.24, 2.45) is 5.92 Å².